The Balaban J connectivity index is 2.11. The van der Waals surface area contributed by atoms with E-state index in [1.165, 1.54) is 17.6 Å². The Morgan fingerprint density at radius 1 is 1.08 bits per heavy atom. The average Bonchev–Trinajstić information content (AvgIpc) is 2.80. The molecule has 0 saturated heterocycles. The number of benzene rings is 2. The fourth-order valence-electron chi connectivity index (χ4n) is 2.62. The van der Waals surface area contributed by atoms with E-state index in [9.17, 15) is 14.7 Å². The predicted molar refractivity (Wildman–Crippen MR) is 99.4 cm³/mol. The number of hydrogen-bond acceptors (Lipinski definition) is 4. The van der Waals surface area contributed by atoms with Crippen molar-refractivity contribution in [2.45, 2.75) is 6.92 Å². The van der Waals surface area contributed by atoms with E-state index in [0.717, 1.165) is 4.57 Å². The van der Waals surface area contributed by atoms with Crippen molar-refractivity contribution in [2.75, 3.05) is 0 Å². The quantitative estimate of drug-likeness (QED) is 0.543. The second-order valence-electron chi connectivity index (χ2n) is 5.57. The van der Waals surface area contributed by atoms with E-state index in [0.29, 0.717) is 27.7 Å². The standard InChI is InChI=1S/C18H14Cl2N2O4/c1-10(23)26-13-6-3-11(4-7-13)16-17(24)22(18(25)21(16)2)12-5-8-14(19)15(20)9-12/h3-9,24H,1-2H3. The number of rotatable bonds is 3. The Labute approximate surface area is 158 Å². The molecule has 0 fully saturated rings. The Kier molecular flexibility index (Phi) is 4.80. The summed E-state index contributed by atoms with van der Waals surface area (Å²) >= 11 is 11.9. The summed E-state index contributed by atoms with van der Waals surface area (Å²) in [6.07, 6.45) is 0. The molecule has 0 aliphatic heterocycles. The Morgan fingerprint density at radius 3 is 2.31 bits per heavy atom. The van der Waals surface area contributed by atoms with Crippen molar-refractivity contribution in [2.24, 2.45) is 7.05 Å². The molecule has 134 valence electrons. The molecule has 0 atom stereocenters. The van der Waals surface area contributed by atoms with Gasteiger partial charge in [-0.05, 0) is 42.5 Å². The number of carbonyl (C=O) groups is 1. The van der Waals surface area contributed by atoms with E-state index < -0.39 is 11.7 Å². The Hall–Kier alpha value is -2.70. The molecule has 0 radical (unpaired) electrons. The van der Waals surface area contributed by atoms with E-state index in [-0.39, 0.29) is 10.9 Å². The van der Waals surface area contributed by atoms with Crippen LogP contribution in [0.25, 0.3) is 16.9 Å². The second-order valence-corrected chi connectivity index (χ2v) is 6.38. The topological polar surface area (TPSA) is 73.5 Å². The Morgan fingerprint density at radius 2 is 1.73 bits per heavy atom. The van der Waals surface area contributed by atoms with Crippen LogP contribution in [0.15, 0.2) is 47.3 Å². The van der Waals surface area contributed by atoms with Crippen molar-refractivity contribution in [1.82, 2.24) is 9.13 Å². The number of nitrogens with zero attached hydrogens (tertiary/aromatic N) is 2. The van der Waals surface area contributed by atoms with Crippen LogP contribution in [0.2, 0.25) is 10.0 Å². The van der Waals surface area contributed by atoms with Crippen LogP contribution < -0.4 is 10.4 Å². The third-order valence-electron chi connectivity index (χ3n) is 3.79. The molecule has 0 aliphatic rings. The molecular weight excluding hydrogens is 379 g/mol. The first-order valence-corrected chi connectivity index (χ1v) is 8.30. The second kappa shape index (κ2) is 6.90. The van der Waals surface area contributed by atoms with Crippen molar-refractivity contribution in [3.63, 3.8) is 0 Å². The van der Waals surface area contributed by atoms with Gasteiger partial charge in [0.05, 0.1) is 15.7 Å². The van der Waals surface area contributed by atoms with Gasteiger partial charge in [0.2, 0.25) is 5.88 Å². The summed E-state index contributed by atoms with van der Waals surface area (Å²) < 4.78 is 7.44. The van der Waals surface area contributed by atoms with E-state index in [2.05, 4.69) is 0 Å². The van der Waals surface area contributed by atoms with Crippen LogP contribution in [0.1, 0.15) is 6.92 Å². The molecule has 0 saturated carbocycles. The van der Waals surface area contributed by atoms with Gasteiger partial charge in [-0.25, -0.2) is 9.36 Å². The van der Waals surface area contributed by atoms with Gasteiger partial charge in [-0.2, -0.15) is 0 Å². The number of hydrogen-bond donors (Lipinski definition) is 1. The lowest BCUT2D eigenvalue weighted by Gasteiger charge is -2.06. The highest BCUT2D eigenvalue weighted by Gasteiger charge is 2.20. The number of esters is 1. The minimum Gasteiger partial charge on any atom is -0.493 e. The van der Waals surface area contributed by atoms with E-state index in [1.54, 1.807) is 43.4 Å². The minimum atomic E-state index is -0.444. The summed E-state index contributed by atoms with van der Waals surface area (Å²) in [7, 11) is 1.55. The zero-order valence-corrected chi connectivity index (χ0v) is 15.4. The largest absolute Gasteiger partial charge is 0.493 e. The van der Waals surface area contributed by atoms with Gasteiger partial charge < -0.3 is 9.84 Å². The van der Waals surface area contributed by atoms with Crippen LogP contribution in [0.4, 0.5) is 0 Å². The van der Waals surface area contributed by atoms with Gasteiger partial charge in [0.25, 0.3) is 0 Å². The number of aromatic hydroxyl groups is 1. The van der Waals surface area contributed by atoms with Gasteiger partial charge in [0, 0.05) is 19.5 Å². The SMILES string of the molecule is CC(=O)Oc1ccc(-c2c(O)n(-c3ccc(Cl)c(Cl)c3)c(=O)n2C)cc1. The summed E-state index contributed by atoms with van der Waals surface area (Å²) in [6.45, 7) is 1.31. The van der Waals surface area contributed by atoms with E-state index >= 15 is 0 Å². The summed E-state index contributed by atoms with van der Waals surface area (Å²) in [6, 6.07) is 11.1. The van der Waals surface area contributed by atoms with Crippen LogP contribution >= 0.6 is 23.2 Å². The smallest absolute Gasteiger partial charge is 0.335 e. The molecule has 0 amide bonds. The molecule has 0 bridgehead atoms. The molecule has 1 aromatic heterocycles. The van der Waals surface area contributed by atoms with Crippen molar-refractivity contribution in [1.29, 1.82) is 0 Å². The van der Waals surface area contributed by atoms with Crippen molar-refractivity contribution < 1.29 is 14.6 Å². The normalized spacial score (nSPS) is 10.8. The van der Waals surface area contributed by atoms with Crippen molar-refractivity contribution >= 4 is 29.2 Å². The van der Waals surface area contributed by atoms with Crippen LogP contribution in [-0.4, -0.2) is 20.2 Å². The predicted octanol–water partition coefficient (Wildman–Crippen LogP) is 3.78. The molecule has 0 unspecified atom stereocenters. The fourth-order valence-corrected chi connectivity index (χ4v) is 2.91. The fraction of sp³-hybridized carbons (Fsp3) is 0.111. The summed E-state index contributed by atoms with van der Waals surface area (Å²) in [4.78, 5) is 23.6. The molecule has 2 aromatic carbocycles. The van der Waals surface area contributed by atoms with E-state index in [1.807, 2.05) is 0 Å². The highest BCUT2D eigenvalue weighted by Crippen LogP contribution is 2.32. The third-order valence-corrected chi connectivity index (χ3v) is 4.53. The maximum Gasteiger partial charge on any atom is 0.335 e. The summed E-state index contributed by atoms with van der Waals surface area (Å²) in [5.41, 5.74) is 0.840. The van der Waals surface area contributed by atoms with Crippen LogP contribution in [-0.2, 0) is 11.8 Å². The molecule has 6 nitrogen and oxygen atoms in total. The molecule has 3 aromatic rings. The number of carbonyl (C=O) groups excluding carboxylic acids is 1. The van der Waals surface area contributed by atoms with Crippen molar-refractivity contribution in [3.8, 4) is 28.6 Å². The molecular formula is C18H14Cl2N2O4. The van der Waals surface area contributed by atoms with Gasteiger partial charge in [-0.15, -0.1) is 0 Å². The van der Waals surface area contributed by atoms with E-state index in [4.69, 9.17) is 27.9 Å². The lowest BCUT2D eigenvalue weighted by Crippen LogP contribution is -2.21. The zero-order valence-electron chi connectivity index (χ0n) is 13.9. The van der Waals surface area contributed by atoms with Gasteiger partial charge in [-0.1, -0.05) is 23.2 Å². The first-order valence-electron chi connectivity index (χ1n) is 7.54. The van der Waals surface area contributed by atoms with Crippen LogP contribution in [0.5, 0.6) is 11.6 Å². The molecule has 3 rings (SSSR count). The molecule has 1 heterocycles. The molecule has 26 heavy (non-hydrogen) atoms. The summed E-state index contributed by atoms with van der Waals surface area (Å²) in [5.74, 6) is -0.301. The van der Waals surface area contributed by atoms with Gasteiger partial charge in [0.15, 0.2) is 0 Å². The van der Waals surface area contributed by atoms with Gasteiger partial charge in [0.1, 0.15) is 11.4 Å². The first kappa shape index (κ1) is 18.1. The number of aromatic nitrogens is 2. The molecule has 1 N–H and O–H groups in total. The first-order chi connectivity index (χ1) is 12.3. The summed E-state index contributed by atoms with van der Waals surface area (Å²) in [5, 5.41) is 11.3. The highest BCUT2D eigenvalue weighted by atomic mass is 35.5. The Bertz CT molecular complexity index is 1050. The molecule has 8 heteroatoms. The molecule has 0 spiro atoms. The zero-order chi connectivity index (χ0) is 19.0. The van der Waals surface area contributed by atoms with Gasteiger partial charge >= 0.3 is 11.7 Å². The third kappa shape index (κ3) is 3.21. The lowest BCUT2D eigenvalue weighted by atomic mass is 10.1. The van der Waals surface area contributed by atoms with Gasteiger partial charge in [-0.3, -0.25) is 9.36 Å². The maximum atomic E-state index is 12.6. The number of ether oxygens (including phenoxy) is 1. The number of halogens is 2. The minimum absolute atomic E-state index is 0.240. The molecule has 0 aliphatic carbocycles. The number of imidazole rings is 1. The monoisotopic (exact) mass is 392 g/mol. The average molecular weight is 393 g/mol. The van der Waals surface area contributed by atoms with Crippen LogP contribution in [0.3, 0.4) is 0 Å². The highest BCUT2D eigenvalue weighted by molar-refractivity contribution is 6.42. The van der Waals surface area contributed by atoms with Crippen LogP contribution in [0, 0.1) is 0 Å². The maximum absolute atomic E-state index is 12.6. The lowest BCUT2D eigenvalue weighted by molar-refractivity contribution is -0.131. The van der Waals surface area contributed by atoms with Crippen molar-refractivity contribution in [3.05, 3.63) is 63.0 Å².